The quantitative estimate of drug-likeness (QED) is 0.652. The molecule has 3 heterocycles. The molecule has 0 spiro atoms. The summed E-state index contributed by atoms with van der Waals surface area (Å²) < 4.78 is 24.4. The Balaban J connectivity index is 1.48. The van der Waals surface area contributed by atoms with Gasteiger partial charge in [-0.2, -0.15) is 0 Å². The molecule has 1 fully saturated rings. The minimum absolute atomic E-state index is 0.115. The summed E-state index contributed by atoms with van der Waals surface area (Å²) >= 11 is 0. The van der Waals surface area contributed by atoms with E-state index in [0.717, 1.165) is 31.5 Å². The number of hydrogen-bond acceptors (Lipinski definition) is 6. The molecule has 2 aromatic carbocycles. The van der Waals surface area contributed by atoms with Crippen LogP contribution in [0.25, 0.3) is 5.57 Å². The van der Waals surface area contributed by atoms with E-state index >= 15 is 0 Å². The van der Waals surface area contributed by atoms with Crippen molar-refractivity contribution in [3.8, 4) is 11.5 Å². The number of carbonyl (C=O) groups is 2. The zero-order valence-corrected chi connectivity index (χ0v) is 18.7. The van der Waals surface area contributed by atoms with Gasteiger partial charge in [0.1, 0.15) is 11.5 Å². The average Bonchev–Trinajstić information content (AvgIpc) is 3.37. The molecule has 3 aliphatic heterocycles. The number of fused-ring (bicyclic) bond motifs is 1. The Morgan fingerprint density at radius 3 is 2.42 bits per heavy atom. The Morgan fingerprint density at radius 2 is 1.70 bits per heavy atom. The molecule has 3 aliphatic rings. The van der Waals surface area contributed by atoms with Crippen LogP contribution in [-0.4, -0.2) is 66.5 Å². The molecule has 0 radical (unpaired) electrons. The van der Waals surface area contributed by atoms with Gasteiger partial charge in [0, 0.05) is 13.1 Å². The second-order valence-electron chi connectivity index (χ2n) is 8.76. The lowest BCUT2D eigenvalue weighted by Crippen LogP contribution is -2.43. The van der Waals surface area contributed by atoms with Gasteiger partial charge in [-0.25, -0.2) is 4.39 Å². The van der Waals surface area contributed by atoms with Crippen LogP contribution in [0.4, 0.5) is 4.39 Å². The second-order valence-corrected chi connectivity index (χ2v) is 8.76. The molecule has 33 heavy (non-hydrogen) atoms. The smallest absolute Gasteiger partial charge is 0.278 e. The minimum Gasteiger partial charge on any atom is -0.454 e. The van der Waals surface area contributed by atoms with E-state index in [1.165, 1.54) is 17.0 Å². The lowest BCUT2D eigenvalue weighted by Gasteiger charge is -2.36. The number of rotatable bonds is 5. The largest absolute Gasteiger partial charge is 0.454 e. The Labute approximate surface area is 192 Å². The molecule has 5 rings (SSSR count). The SMILES string of the molecule is CN1CCC(N(C)C2=C(c3ccc(F)cc3)C(=O)N(Cc3ccc4c(c3)OCO4)C2=O)CC1. The molecule has 0 saturated carbocycles. The van der Waals surface area contributed by atoms with E-state index in [2.05, 4.69) is 11.9 Å². The van der Waals surface area contributed by atoms with Crippen LogP contribution in [0.15, 0.2) is 48.2 Å². The van der Waals surface area contributed by atoms with Crippen LogP contribution in [0.2, 0.25) is 0 Å². The Bertz CT molecular complexity index is 1120. The molecule has 0 N–H and O–H groups in total. The first-order chi connectivity index (χ1) is 15.9. The number of ether oxygens (including phenoxy) is 2. The summed E-state index contributed by atoms with van der Waals surface area (Å²) in [6, 6.07) is 11.3. The van der Waals surface area contributed by atoms with E-state index in [-0.39, 0.29) is 31.2 Å². The van der Waals surface area contributed by atoms with Gasteiger partial charge in [-0.05, 0) is 68.4 Å². The molecule has 0 aliphatic carbocycles. The van der Waals surface area contributed by atoms with Crippen molar-refractivity contribution >= 4 is 17.4 Å². The van der Waals surface area contributed by atoms with Crippen molar-refractivity contribution in [2.75, 3.05) is 34.0 Å². The molecule has 2 aromatic rings. The number of likely N-dealkylation sites (N-methyl/N-ethyl adjacent to an activating group) is 1. The van der Waals surface area contributed by atoms with Gasteiger partial charge >= 0.3 is 0 Å². The summed E-state index contributed by atoms with van der Waals surface area (Å²) in [5.41, 5.74) is 2.00. The van der Waals surface area contributed by atoms with E-state index in [0.29, 0.717) is 28.3 Å². The molecular weight excluding hydrogens is 425 g/mol. The van der Waals surface area contributed by atoms with E-state index in [9.17, 15) is 14.0 Å². The maximum Gasteiger partial charge on any atom is 0.278 e. The zero-order valence-electron chi connectivity index (χ0n) is 18.7. The molecule has 0 unspecified atom stereocenters. The standard InChI is InChI=1S/C25H26FN3O4/c1-27-11-9-19(10-12-27)28(2)23-22(17-4-6-18(26)7-5-17)24(30)29(25(23)31)14-16-3-8-20-21(13-16)33-15-32-20/h3-8,13,19H,9-12,14-15H2,1-2H3. The van der Waals surface area contributed by atoms with Crippen molar-refractivity contribution < 1.29 is 23.5 Å². The molecular formula is C25H26FN3O4. The third-order valence-electron chi connectivity index (χ3n) is 6.64. The van der Waals surface area contributed by atoms with Gasteiger partial charge in [-0.15, -0.1) is 0 Å². The average molecular weight is 451 g/mol. The lowest BCUT2D eigenvalue weighted by molar-refractivity contribution is -0.138. The highest BCUT2D eigenvalue weighted by Gasteiger charge is 2.42. The zero-order chi connectivity index (χ0) is 23.1. The Kier molecular flexibility index (Phi) is 5.54. The summed E-state index contributed by atoms with van der Waals surface area (Å²) in [5, 5.41) is 0. The molecule has 2 amide bonds. The van der Waals surface area contributed by atoms with Crippen LogP contribution in [0.3, 0.4) is 0 Å². The van der Waals surface area contributed by atoms with E-state index in [1.54, 1.807) is 24.3 Å². The lowest BCUT2D eigenvalue weighted by atomic mass is 10.00. The van der Waals surface area contributed by atoms with Crippen molar-refractivity contribution in [1.82, 2.24) is 14.7 Å². The first kappa shape index (κ1) is 21.5. The highest BCUT2D eigenvalue weighted by Crippen LogP contribution is 2.36. The van der Waals surface area contributed by atoms with E-state index in [4.69, 9.17) is 9.47 Å². The Hall–Kier alpha value is -3.39. The molecule has 0 atom stereocenters. The second kappa shape index (κ2) is 8.51. The monoisotopic (exact) mass is 451 g/mol. The van der Waals surface area contributed by atoms with Crippen molar-refractivity contribution in [3.63, 3.8) is 0 Å². The van der Waals surface area contributed by atoms with Gasteiger partial charge < -0.3 is 19.3 Å². The van der Waals surface area contributed by atoms with Crippen molar-refractivity contribution in [2.24, 2.45) is 0 Å². The van der Waals surface area contributed by atoms with E-state index < -0.39 is 5.82 Å². The first-order valence-electron chi connectivity index (χ1n) is 11.1. The van der Waals surface area contributed by atoms with Gasteiger partial charge in [0.05, 0.1) is 12.1 Å². The number of nitrogens with zero attached hydrogens (tertiary/aromatic N) is 3. The van der Waals surface area contributed by atoms with Crippen LogP contribution < -0.4 is 9.47 Å². The van der Waals surface area contributed by atoms with Crippen LogP contribution in [0, 0.1) is 5.82 Å². The number of likely N-dealkylation sites (tertiary alicyclic amines) is 1. The Morgan fingerprint density at radius 1 is 1.00 bits per heavy atom. The number of hydrogen-bond donors (Lipinski definition) is 0. The third-order valence-corrected chi connectivity index (χ3v) is 6.64. The predicted molar refractivity (Wildman–Crippen MR) is 120 cm³/mol. The molecule has 172 valence electrons. The number of carbonyl (C=O) groups excluding carboxylic acids is 2. The van der Waals surface area contributed by atoms with Gasteiger partial charge in [-0.3, -0.25) is 14.5 Å². The summed E-state index contributed by atoms with van der Waals surface area (Å²) in [6.45, 7) is 2.13. The van der Waals surface area contributed by atoms with Crippen LogP contribution in [-0.2, 0) is 16.1 Å². The summed E-state index contributed by atoms with van der Waals surface area (Å²) in [4.78, 5) is 32.6. The van der Waals surface area contributed by atoms with Crippen molar-refractivity contribution in [3.05, 3.63) is 65.1 Å². The van der Waals surface area contributed by atoms with Gasteiger partial charge in [0.25, 0.3) is 11.8 Å². The fourth-order valence-corrected chi connectivity index (χ4v) is 4.70. The number of imide groups is 1. The molecule has 0 bridgehead atoms. The fourth-order valence-electron chi connectivity index (χ4n) is 4.70. The highest BCUT2D eigenvalue weighted by molar-refractivity contribution is 6.35. The van der Waals surface area contributed by atoms with Gasteiger partial charge in [-0.1, -0.05) is 18.2 Å². The molecule has 7 nitrogen and oxygen atoms in total. The predicted octanol–water partition coefficient (Wildman–Crippen LogP) is 2.86. The van der Waals surface area contributed by atoms with E-state index in [1.807, 2.05) is 18.0 Å². The topological polar surface area (TPSA) is 62.3 Å². The maximum atomic E-state index is 13.6. The third kappa shape index (κ3) is 3.95. The number of benzene rings is 2. The molecule has 0 aromatic heterocycles. The number of halogens is 1. The maximum absolute atomic E-state index is 13.6. The van der Waals surface area contributed by atoms with Crippen molar-refractivity contribution in [1.29, 1.82) is 0 Å². The van der Waals surface area contributed by atoms with Gasteiger partial charge in [0.15, 0.2) is 11.5 Å². The fraction of sp³-hybridized carbons (Fsp3) is 0.360. The number of amides is 2. The molecule has 1 saturated heterocycles. The van der Waals surface area contributed by atoms with Gasteiger partial charge in [0.2, 0.25) is 6.79 Å². The summed E-state index contributed by atoms with van der Waals surface area (Å²) in [6.07, 6.45) is 1.80. The van der Waals surface area contributed by atoms with Crippen LogP contribution in [0.5, 0.6) is 11.5 Å². The minimum atomic E-state index is -0.390. The highest BCUT2D eigenvalue weighted by atomic mass is 19.1. The number of piperidine rings is 1. The van der Waals surface area contributed by atoms with Crippen LogP contribution in [0.1, 0.15) is 24.0 Å². The summed E-state index contributed by atoms with van der Waals surface area (Å²) in [5.74, 6) is 0.142. The van der Waals surface area contributed by atoms with Crippen LogP contribution >= 0.6 is 0 Å². The normalized spacial score (nSPS) is 19.1. The van der Waals surface area contributed by atoms with Crippen molar-refractivity contribution in [2.45, 2.75) is 25.4 Å². The summed E-state index contributed by atoms with van der Waals surface area (Å²) in [7, 11) is 3.96. The molecule has 8 heteroatoms. The first-order valence-corrected chi connectivity index (χ1v) is 11.1.